The maximum Gasteiger partial charge on any atom is 0.0921 e. The Morgan fingerprint density at radius 3 is 3.00 bits per heavy atom. The normalized spacial score (nSPS) is 27.4. The molecule has 1 unspecified atom stereocenters. The standard InChI is InChI=1S/C11H18N2/c1-11(2)5-3-4-9(6-11)10-7-12-8-13-10/h7-9H,3-6H2,1-2H3,(H,12,13). The molecule has 2 nitrogen and oxygen atoms in total. The molecule has 0 saturated heterocycles. The van der Waals surface area contributed by atoms with Crippen LogP contribution in [0.25, 0.3) is 0 Å². The quantitative estimate of drug-likeness (QED) is 0.703. The SMILES string of the molecule is CC1(C)CCCC(c2cnc[nH]2)C1. The first-order valence-corrected chi connectivity index (χ1v) is 5.16. The lowest BCUT2D eigenvalue weighted by Crippen LogP contribution is -2.21. The molecule has 2 heteroatoms. The molecule has 0 amide bonds. The van der Waals surface area contributed by atoms with Crippen molar-refractivity contribution in [2.75, 3.05) is 0 Å². The van der Waals surface area contributed by atoms with Crippen LogP contribution in [0.5, 0.6) is 0 Å². The highest BCUT2D eigenvalue weighted by molar-refractivity contribution is 5.06. The summed E-state index contributed by atoms with van der Waals surface area (Å²) >= 11 is 0. The molecule has 2 rings (SSSR count). The average molecular weight is 178 g/mol. The Morgan fingerprint density at radius 1 is 1.54 bits per heavy atom. The van der Waals surface area contributed by atoms with Gasteiger partial charge in [0.05, 0.1) is 6.33 Å². The molecule has 1 aromatic rings. The minimum atomic E-state index is 0.522. The second-order valence-electron chi connectivity index (χ2n) is 4.96. The lowest BCUT2D eigenvalue weighted by Gasteiger charge is -2.34. The molecular formula is C11H18N2. The van der Waals surface area contributed by atoms with E-state index in [2.05, 4.69) is 23.8 Å². The fourth-order valence-electron chi connectivity index (χ4n) is 2.45. The summed E-state index contributed by atoms with van der Waals surface area (Å²) in [6.07, 6.45) is 9.12. The molecule has 1 aromatic heterocycles. The van der Waals surface area contributed by atoms with Crippen molar-refractivity contribution in [1.29, 1.82) is 0 Å². The van der Waals surface area contributed by atoms with Crippen LogP contribution >= 0.6 is 0 Å². The molecule has 1 aliphatic carbocycles. The van der Waals surface area contributed by atoms with E-state index in [9.17, 15) is 0 Å². The van der Waals surface area contributed by atoms with E-state index in [1.54, 1.807) is 6.33 Å². The zero-order chi connectivity index (χ0) is 9.31. The second-order valence-corrected chi connectivity index (χ2v) is 4.96. The summed E-state index contributed by atoms with van der Waals surface area (Å²) < 4.78 is 0. The fourth-order valence-corrected chi connectivity index (χ4v) is 2.45. The van der Waals surface area contributed by atoms with Crippen LogP contribution in [0.15, 0.2) is 12.5 Å². The minimum absolute atomic E-state index is 0.522. The van der Waals surface area contributed by atoms with Gasteiger partial charge >= 0.3 is 0 Å². The molecule has 1 fully saturated rings. The number of hydrogen-bond acceptors (Lipinski definition) is 1. The highest BCUT2D eigenvalue weighted by atomic mass is 14.9. The van der Waals surface area contributed by atoms with Gasteiger partial charge in [-0.05, 0) is 24.7 Å². The molecule has 0 aromatic carbocycles. The van der Waals surface area contributed by atoms with Crippen LogP contribution in [0, 0.1) is 5.41 Å². The number of rotatable bonds is 1. The monoisotopic (exact) mass is 178 g/mol. The predicted octanol–water partition coefficient (Wildman–Crippen LogP) is 3.09. The maximum atomic E-state index is 4.09. The van der Waals surface area contributed by atoms with Gasteiger partial charge in [-0.25, -0.2) is 4.98 Å². The van der Waals surface area contributed by atoms with Gasteiger partial charge in [0.2, 0.25) is 0 Å². The Morgan fingerprint density at radius 2 is 2.38 bits per heavy atom. The molecule has 13 heavy (non-hydrogen) atoms. The number of nitrogens with one attached hydrogen (secondary N) is 1. The van der Waals surface area contributed by atoms with E-state index in [0.717, 1.165) is 0 Å². The van der Waals surface area contributed by atoms with Crippen molar-refractivity contribution in [3.8, 4) is 0 Å². The third-order valence-corrected chi connectivity index (χ3v) is 3.16. The molecule has 0 bridgehead atoms. The highest BCUT2D eigenvalue weighted by Crippen LogP contribution is 2.42. The van der Waals surface area contributed by atoms with Gasteiger partial charge in [0, 0.05) is 17.8 Å². The molecule has 1 saturated carbocycles. The molecule has 0 spiro atoms. The van der Waals surface area contributed by atoms with E-state index >= 15 is 0 Å². The predicted molar refractivity (Wildman–Crippen MR) is 53.6 cm³/mol. The molecule has 1 aliphatic rings. The first kappa shape index (κ1) is 8.79. The summed E-state index contributed by atoms with van der Waals surface area (Å²) in [5, 5.41) is 0. The summed E-state index contributed by atoms with van der Waals surface area (Å²) in [5.41, 5.74) is 1.85. The summed E-state index contributed by atoms with van der Waals surface area (Å²) in [4.78, 5) is 7.32. The Bertz CT molecular complexity index is 262. The van der Waals surface area contributed by atoms with Gasteiger partial charge in [-0.3, -0.25) is 0 Å². The van der Waals surface area contributed by atoms with Gasteiger partial charge < -0.3 is 4.98 Å². The van der Waals surface area contributed by atoms with Crippen LogP contribution in [0.3, 0.4) is 0 Å². The summed E-state index contributed by atoms with van der Waals surface area (Å²) in [5.74, 6) is 0.714. The lowest BCUT2D eigenvalue weighted by atomic mass is 9.71. The average Bonchev–Trinajstić information content (AvgIpc) is 2.53. The molecule has 1 heterocycles. The number of nitrogens with zero attached hydrogens (tertiary/aromatic N) is 1. The number of aromatic amines is 1. The van der Waals surface area contributed by atoms with Crippen LogP contribution < -0.4 is 0 Å². The van der Waals surface area contributed by atoms with Gasteiger partial charge in [-0.1, -0.05) is 20.3 Å². The minimum Gasteiger partial charge on any atom is -0.348 e. The van der Waals surface area contributed by atoms with Crippen molar-refractivity contribution in [2.45, 2.75) is 45.4 Å². The van der Waals surface area contributed by atoms with Gasteiger partial charge in [0.1, 0.15) is 0 Å². The van der Waals surface area contributed by atoms with Gasteiger partial charge in [0.15, 0.2) is 0 Å². The first-order chi connectivity index (χ1) is 6.17. The smallest absolute Gasteiger partial charge is 0.0921 e. The summed E-state index contributed by atoms with van der Waals surface area (Å²) in [7, 11) is 0. The van der Waals surface area contributed by atoms with Gasteiger partial charge in [0.25, 0.3) is 0 Å². The maximum absolute atomic E-state index is 4.09. The third-order valence-electron chi connectivity index (χ3n) is 3.16. The van der Waals surface area contributed by atoms with Crippen LogP contribution in [-0.4, -0.2) is 9.97 Å². The lowest BCUT2D eigenvalue weighted by molar-refractivity contribution is 0.217. The summed E-state index contributed by atoms with van der Waals surface area (Å²) in [6, 6.07) is 0. The van der Waals surface area contributed by atoms with Crippen molar-refractivity contribution < 1.29 is 0 Å². The van der Waals surface area contributed by atoms with E-state index < -0.39 is 0 Å². The molecular weight excluding hydrogens is 160 g/mol. The topological polar surface area (TPSA) is 28.7 Å². The van der Waals surface area contributed by atoms with Crippen LogP contribution in [0.4, 0.5) is 0 Å². The van der Waals surface area contributed by atoms with Crippen molar-refractivity contribution >= 4 is 0 Å². The van der Waals surface area contributed by atoms with Crippen LogP contribution in [-0.2, 0) is 0 Å². The Balaban J connectivity index is 2.09. The van der Waals surface area contributed by atoms with Crippen molar-refractivity contribution in [1.82, 2.24) is 9.97 Å². The van der Waals surface area contributed by atoms with Gasteiger partial charge in [-0.2, -0.15) is 0 Å². The Kier molecular flexibility index (Phi) is 2.14. The zero-order valence-corrected chi connectivity index (χ0v) is 8.51. The second kappa shape index (κ2) is 3.17. The number of H-pyrrole nitrogens is 1. The van der Waals surface area contributed by atoms with Crippen LogP contribution in [0.2, 0.25) is 0 Å². The Hall–Kier alpha value is -0.790. The van der Waals surface area contributed by atoms with E-state index in [1.165, 1.54) is 31.4 Å². The first-order valence-electron chi connectivity index (χ1n) is 5.16. The Labute approximate surface area is 79.8 Å². The van der Waals surface area contributed by atoms with E-state index in [-0.39, 0.29) is 0 Å². The zero-order valence-electron chi connectivity index (χ0n) is 8.51. The van der Waals surface area contributed by atoms with Crippen molar-refractivity contribution in [2.24, 2.45) is 5.41 Å². The number of hydrogen-bond donors (Lipinski definition) is 1. The molecule has 1 atom stereocenters. The molecule has 0 radical (unpaired) electrons. The highest BCUT2D eigenvalue weighted by Gasteiger charge is 2.29. The van der Waals surface area contributed by atoms with E-state index in [4.69, 9.17) is 0 Å². The third kappa shape index (κ3) is 1.93. The van der Waals surface area contributed by atoms with E-state index in [1.807, 2.05) is 6.20 Å². The number of imidazole rings is 1. The largest absolute Gasteiger partial charge is 0.348 e. The van der Waals surface area contributed by atoms with Gasteiger partial charge in [-0.15, -0.1) is 0 Å². The number of aromatic nitrogens is 2. The molecule has 1 N–H and O–H groups in total. The van der Waals surface area contributed by atoms with Crippen LogP contribution in [0.1, 0.15) is 51.1 Å². The molecule has 0 aliphatic heterocycles. The van der Waals surface area contributed by atoms with Crippen molar-refractivity contribution in [3.63, 3.8) is 0 Å². The summed E-state index contributed by atoms with van der Waals surface area (Å²) in [6.45, 7) is 4.74. The van der Waals surface area contributed by atoms with Crippen molar-refractivity contribution in [3.05, 3.63) is 18.2 Å². The van der Waals surface area contributed by atoms with E-state index in [0.29, 0.717) is 11.3 Å². The fraction of sp³-hybridized carbons (Fsp3) is 0.727. The molecule has 72 valence electrons.